The zero-order valence-electron chi connectivity index (χ0n) is 11.9. The third-order valence-electron chi connectivity index (χ3n) is 3.21. The lowest BCUT2D eigenvalue weighted by molar-refractivity contribution is 0.405. The first-order valence-corrected chi connectivity index (χ1v) is 6.39. The molecule has 0 aliphatic heterocycles. The van der Waals surface area contributed by atoms with Gasteiger partial charge in [0.05, 0.1) is 13.2 Å². The topological polar surface area (TPSA) is 34.2 Å². The molecule has 0 aliphatic carbocycles. The maximum Gasteiger partial charge on any atom is 0.124 e. The molecular weight excluding hydrogens is 236 g/mol. The van der Waals surface area contributed by atoms with Gasteiger partial charge in [0, 0.05) is 18.0 Å². The van der Waals surface area contributed by atoms with Crippen molar-refractivity contribution < 1.29 is 4.74 Å². The smallest absolute Gasteiger partial charge is 0.124 e. The minimum Gasteiger partial charge on any atom is -0.496 e. The SMILES string of the molecule is CNC(c1cncc(C)c1)c1cc(C)ccc1OC. The molecule has 0 saturated carbocycles. The first kappa shape index (κ1) is 13.6. The molecule has 3 heteroatoms. The quantitative estimate of drug-likeness (QED) is 0.913. The molecule has 0 aliphatic rings. The van der Waals surface area contributed by atoms with Crippen LogP contribution in [0, 0.1) is 13.8 Å². The molecule has 0 saturated heterocycles. The van der Waals surface area contributed by atoms with Gasteiger partial charge in [0.2, 0.25) is 0 Å². The highest BCUT2D eigenvalue weighted by molar-refractivity contribution is 5.43. The van der Waals surface area contributed by atoms with Gasteiger partial charge in [-0.25, -0.2) is 0 Å². The van der Waals surface area contributed by atoms with Gasteiger partial charge in [-0.1, -0.05) is 23.8 Å². The Hall–Kier alpha value is -1.87. The maximum absolute atomic E-state index is 5.47. The largest absolute Gasteiger partial charge is 0.496 e. The molecule has 1 N–H and O–H groups in total. The Labute approximate surface area is 114 Å². The molecule has 3 nitrogen and oxygen atoms in total. The molecule has 1 atom stereocenters. The van der Waals surface area contributed by atoms with E-state index in [4.69, 9.17) is 4.74 Å². The lowest BCUT2D eigenvalue weighted by Gasteiger charge is -2.20. The van der Waals surface area contributed by atoms with Crippen LogP contribution in [0.1, 0.15) is 28.3 Å². The van der Waals surface area contributed by atoms with Crippen molar-refractivity contribution in [3.8, 4) is 5.75 Å². The summed E-state index contributed by atoms with van der Waals surface area (Å²) in [6.45, 7) is 4.14. The number of nitrogens with zero attached hydrogens (tertiary/aromatic N) is 1. The van der Waals surface area contributed by atoms with Crippen LogP contribution in [-0.4, -0.2) is 19.1 Å². The van der Waals surface area contributed by atoms with Gasteiger partial charge in [-0.2, -0.15) is 0 Å². The molecule has 100 valence electrons. The third-order valence-corrected chi connectivity index (χ3v) is 3.21. The van der Waals surface area contributed by atoms with Crippen LogP contribution < -0.4 is 10.1 Å². The molecule has 1 unspecified atom stereocenters. The Morgan fingerprint density at radius 1 is 1.11 bits per heavy atom. The van der Waals surface area contributed by atoms with Crippen molar-refractivity contribution in [3.05, 3.63) is 58.9 Å². The molecule has 19 heavy (non-hydrogen) atoms. The van der Waals surface area contributed by atoms with Gasteiger partial charge in [0.25, 0.3) is 0 Å². The van der Waals surface area contributed by atoms with E-state index < -0.39 is 0 Å². The van der Waals surface area contributed by atoms with E-state index in [1.54, 1.807) is 7.11 Å². The fourth-order valence-corrected chi connectivity index (χ4v) is 2.32. The summed E-state index contributed by atoms with van der Waals surface area (Å²) < 4.78 is 5.47. The number of ether oxygens (including phenoxy) is 1. The van der Waals surface area contributed by atoms with Crippen molar-refractivity contribution in [1.82, 2.24) is 10.3 Å². The predicted octanol–water partition coefficient (Wildman–Crippen LogP) is 3.02. The Balaban J connectivity index is 2.50. The summed E-state index contributed by atoms with van der Waals surface area (Å²) in [5.41, 5.74) is 4.66. The molecule has 0 amide bonds. The fraction of sp³-hybridized carbons (Fsp3) is 0.312. The van der Waals surface area contributed by atoms with Gasteiger partial charge in [0.1, 0.15) is 5.75 Å². The number of methoxy groups -OCH3 is 1. The number of rotatable bonds is 4. The van der Waals surface area contributed by atoms with Crippen LogP contribution in [-0.2, 0) is 0 Å². The Kier molecular flexibility index (Phi) is 4.17. The van der Waals surface area contributed by atoms with Crippen LogP contribution >= 0.6 is 0 Å². The monoisotopic (exact) mass is 256 g/mol. The predicted molar refractivity (Wildman–Crippen MR) is 77.6 cm³/mol. The summed E-state index contributed by atoms with van der Waals surface area (Å²) in [5, 5.41) is 3.34. The Bertz CT molecular complexity index is 566. The summed E-state index contributed by atoms with van der Waals surface area (Å²) in [6.07, 6.45) is 3.76. The highest BCUT2D eigenvalue weighted by Crippen LogP contribution is 2.30. The van der Waals surface area contributed by atoms with Crippen molar-refractivity contribution >= 4 is 0 Å². The summed E-state index contributed by atoms with van der Waals surface area (Å²) in [7, 11) is 3.66. The highest BCUT2D eigenvalue weighted by Gasteiger charge is 2.17. The normalized spacial score (nSPS) is 12.2. The molecule has 2 rings (SSSR count). The molecular formula is C16H20N2O. The fourth-order valence-electron chi connectivity index (χ4n) is 2.32. The summed E-state index contributed by atoms with van der Waals surface area (Å²) in [4.78, 5) is 4.28. The van der Waals surface area contributed by atoms with Crippen molar-refractivity contribution in [3.63, 3.8) is 0 Å². The first-order valence-electron chi connectivity index (χ1n) is 6.39. The minimum atomic E-state index is 0.0854. The van der Waals surface area contributed by atoms with Crippen molar-refractivity contribution in [1.29, 1.82) is 0 Å². The number of aromatic nitrogens is 1. The Morgan fingerprint density at radius 2 is 1.89 bits per heavy atom. The second-order valence-electron chi connectivity index (χ2n) is 4.76. The van der Waals surface area contributed by atoms with Crippen LogP contribution in [0.3, 0.4) is 0 Å². The molecule has 0 fully saturated rings. The second-order valence-corrected chi connectivity index (χ2v) is 4.76. The van der Waals surface area contributed by atoms with Gasteiger partial charge in [-0.05, 0) is 38.1 Å². The van der Waals surface area contributed by atoms with E-state index in [2.05, 4.69) is 42.3 Å². The van der Waals surface area contributed by atoms with Crippen molar-refractivity contribution in [2.24, 2.45) is 0 Å². The first-order chi connectivity index (χ1) is 9.15. The number of pyridine rings is 1. The van der Waals surface area contributed by atoms with E-state index >= 15 is 0 Å². The van der Waals surface area contributed by atoms with E-state index in [1.165, 1.54) is 5.56 Å². The number of aryl methyl sites for hydroxylation is 2. The molecule has 1 heterocycles. The third kappa shape index (κ3) is 2.93. The van der Waals surface area contributed by atoms with E-state index in [0.29, 0.717) is 0 Å². The molecule has 1 aromatic heterocycles. The van der Waals surface area contributed by atoms with Gasteiger partial charge < -0.3 is 10.1 Å². The van der Waals surface area contributed by atoms with Crippen LogP contribution in [0.15, 0.2) is 36.7 Å². The van der Waals surface area contributed by atoms with Gasteiger partial charge in [-0.15, -0.1) is 0 Å². The molecule has 0 bridgehead atoms. The average molecular weight is 256 g/mol. The van der Waals surface area contributed by atoms with Crippen molar-refractivity contribution in [2.45, 2.75) is 19.9 Å². The molecule has 2 aromatic rings. The van der Waals surface area contributed by atoms with Crippen LogP contribution in [0.25, 0.3) is 0 Å². The average Bonchev–Trinajstić information content (AvgIpc) is 2.40. The van der Waals surface area contributed by atoms with E-state index in [9.17, 15) is 0 Å². The number of hydrogen-bond donors (Lipinski definition) is 1. The molecule has 0 spiro atoms. The summed E-state index contributed by atoms with van der Waals surface area (Å²) in [6, 6.07) is 8.46. The summed E-state index contributed by atoms with van der Waals surface area (Å²) in [5.74, 6) is 0.895. The van der Waals surface area contributed by atoms with Gasteiger partial charge in [0.15, 0.2) is 0 Å². The van der Waals surface area contributed by atoms with Crippen LogP contribution in [0.5, 0.6) is 5.75 Å². The van der Waals surface area contributed by atoms with E-state index in [1.807, 2.05) is 25.5 Å². The standard InChI is InChI=1S/C16H20N2O/c1-11-5-6-15(19-4)14(8-11)16(17-3)13-7-12(2)9-18-10-13/h5-10,16-17H,1-4H3. The second kappa shape index (κ2) is 5.85. The van der Waals surface area contributed by atoms with Crippen LogP contribution in [0.4, 0.5) is 0 Å². The van der Waals surface area contributed by atoms with Crippen LogP contribution in [0.2, 0.25) is 0 Å². The zero-order valence-corrected chi connectivity index (χ0v) is 11.9. The van der Waals surface area contributed by atoms with E-state index in [0.717, 1.165) is 22.4 Å². The van der Waals surface area contributed by atoms with E-state index in [-0.39, 0.29) is 6.04 Å². The zero-order chi connectivity index (χ0) is 13.8. The minimum absolute atomic E-state index is 0.0854. The summed E-state index contributed by atoms with van der Waals surface area (Å²) >= 11 is 0. The lowest BCUT2D eigenvalue weighted by Crippen LogP contribution is -2.19. The number of benzene rings is 1. The number of nitrogens with one attached hydrogen (secondary N) is 1. The van der Waals surface area contributed by atoms with Gasteiger partial charge in [-0.3, -0.25) is 4.98 Å². The Morgan fingerprint density at radius 3 is 2.53 bits per heavy atom. The number of hydrogen-bond acceptors (Lipinski definition) is 3. The molecule has 0 radical (unpaired) electrons. The highest BCUT2D eigenvalue weighted by atomic mass is 16.5. The van der Waals surface area contributed by atoms with Gasteiger partial charge >= 0.3 is 0 Å². The molecule has 1 aromatic carbocycles. The van der Waals surface area contributed by atoms with Crippen molar-refractivity contribution in [2.75, 3.05) is 14.2 Å². The maximum atomic E-state index is 5.47. The lowest BCUT2D eigenvalue weighted by atomic mass is 9.97.